The van der Waals surface area contributed by atoms with Gasteiger partial charge in [0, 0.05) is 6.04 Å². The third kappa shape index (κ3) is 1.66. The molecule has 0 spiro atoms. The van der Waals surface area contributed by atoms with Crippen molar-refractivity contribution >= 4 is 0 Å². The number of ether oxygens (including phenoxy) is 2. The molecule has 3 N–H and O–H groups in total. The van der Waals surface area contributed by atoms with Crippen LogP contribution in [-0.2, 0) is 6.42 Å². The van der Waals surface area contributed by atoms with E-state index < -0.39 is 0 Å². The first-order chi connectivity index (χ1) is 7.30. The van der Waals surface area contributed by atoms with Crippen LogP contribution >= 0.6 is 0 Å². The summed E-state index contributed by atoms with van der Waals surface area (Å²) in [5.41, 5.74) is 5.32. The van der Waals surface area contributed by atoms with Crippen molar-refractivity contribution in [3.8, 4) is 11.5 Å². The van der Waals surface area contributed by atoms with Crippen molar-refractivity contribution < 1.29 is 9.47 Å². The number of hydrogen-bond acceptors (Lipinski definition) is 4. The van der Waals surface area contributed by atoms with Crippen molar-refractivity contribution in [1.82, 2.24) is 5.43 Å². The molecule has 0 aliphatic heterocycles. The number of hydrogen-bond donors (Lipinski definition) is 2. The van der Waals surface area contributed by atoms with E-state index >= 15 is 0 Å². The second kappa shape index (κ2) is 4.08. The quantitative estimate of drug-likeness (QED) is 0.578. The van der Waals surface area contributed by atoms with Crippen LogP contribution in [0.3, 0.4) is 0 Å². The Hall–Kier alpha value is -1.26. The fourth-order valence-electron chi connectivity index (χ4n) is 2.11. The van der Waals surface area contributed by atoms with Crippen LogP contribution in [0.4, 0.5) is 0 Å². The molecular weight excluding hydrogens is 192 g/mol. The Balaban J connectivity index is 2.44. The Morgan fingerprint density at radius 1 is 1.27 bits per heavy atom. The molecule has 15 heavy (non-hydrogen) atoms. The summed E-state index contributed by atoms with van der Waals surface area (Å²) in [6.45, 7) is 0. The van der Waals surface area contributed by atoms with E-state index in [0.717, 1.165) is 24.3 Å². The molecule has 0 radical (unpaired) electrons. The molecule has 0 heterocycles. The van der Waals surface area contributed by atoms with Crippen molar-refractivity contribution in [2.75, 3.05) is 14.2 Å². The fraction of sp³-hybridized carbons (Fsp3) is 0.455. The summed E-state index contributed by atoms with van der Waals surface area (Å²) in [5, 5.41) is 0. The highest BCUT2D eigenvalue weighted by molar-refractivity contribution is 5.50. The average Bonchev–Trinajstić information content (AvgIpc) is 2.68. The van der Waals surface area contributed by atoms with Gasteiger partial charge in [0.2, 0.25) is 0 Å². The van der Waals surface area contributed by atoms with Gasteiger partial charge in [0.05, 0.1) is 14.2 Å². The number of rotatable bonds is 3. The highest BCUT2D eigenvalue weighted by atomic mass is 16.5. The maximum Gasteiger partial charge on any atom is 0.161 e. The van der Waals surface area contributed by atoms with Crippen molar-refractivity contribution in [2.45, 2.75) is 18.9 Å². The van der Waals surface area contributed by atoms with Gasteiger partial charge in [-0.2, -0.15) is 0 Å². The lowest BCUT2D eigenvalue weighted by atomic mass is 10.1. The van der Waals surface area contributed by atoms with Crippen molar-refractivity contribution in [2.24, 2.45) is 5.84 Å². The van der Waals surface area contributed by atoms with Crippen LogP contribution in [0.25, 0.3) is 0 Å². The molecule has 1 aromatic rings. The first-order valence-electron chi connectivity index (χ1n) is 5.01. The molecule has 1 atom stereocenters. The van der Waals surface area contributed by atoms with E-state index in [1.54, 1.807) is 14.2 Å². The average molecular weight is 208 g/mol. The molecular formula is C11H16N2O2. The summed E-state index contributed by atoms with van der Waals surface area (Å²) in [5.74, 6) is 7.04. The predicted octanol–water partition coefficient (Wildman–Crippen LogP) is 1.15. The lowest BCUT2D eigenvalue weighted by Crippen LogP contribution is -2.26. The predicted molar refractivity (Wildman–Crippen MR) is 57.9 cm³/mol. The highest BCUT2D eigenvalue weighted by Gasteiger charge is 2.23. The Labute approximate surface area is 89.3 Å². The van der Waals surface area contributed by atoms with Gasteiger partial charge in [0.25, 0.3) is 0 Å². The summed E-state index contributed by atoms with van der Waals surface area (Å²) in [7, 11) is 3.29. The number of benzene rings is 1. The molecule has 0 saturated carbocycles. The zero-order valence-electron chi connectivity index (χ0n) is 9.04. The number of fused-ring (bicyclic) bond motifs is 1. The summed E-state index contributed by atoms with van der Waals surface area (Å²) in [6.07, 6.45) is 2.06. The Morgan fingerprint density at radius 3 is 2.53 bits per heavy atom. The van der Waals surface area contributed by atoms with Crippen LogP contribution in [-0.4, -0.2) is 14.2 Å². The Kier molecular flexibility index (Phi) is 2.79. The monoisotopic (exact) mass is 208 g/mol. The Bertz CT molecular complexity index is 366. The van der Waals surface area contributed by atoms with E-state index in [4.69, 9.17) is 15.3 Å². The van der Waals surface area contributed by atoms with E-state index in [2.05, 4.69) is 5.43 Å². The third-order valence-corrected chi connectivity index (χ3v) is 2.92. The lowest BCUT2D eigenvalue weighted by molar-refractivity contribution is 0.354. The van der Waals surface area contributed by atoms with Gasteiger partial charge in [0.15, 0.2) is 11.5 Å². The van der Waals surface area contributed by atoms with Crippen LogP contribution < -0.4 is 20.7 Å². The largest absolute Gasteiger partial charge is 0.493 e. The molecule has 1 aliphatic rings. The minimum atomic E-state index is 0.236. The van der Waals surface area contributed by atoms with Gasteiger partial charge in [-0.05, 0) is 36.1 Å². The number of aryl methyl sites for hydroxylation is 1. The van der Waals surface area contributed by atoms with Gasteiger partial charge in [-0.15, -0.1) is 0 Å². The zero-order chi connectivity index (χ0) is 10.8. The molecule has 0 bridgehead atoms. The second-order valence-electron chi connectivity index (χ2n) is 3.66. The molecule has 2 rings (SSSR count). The molecule has 1 aliphatic carbocycles. The number of nitrogens with two attached hydrogens (primary N) is 1. The van der Waals surface area contributed by atoms with Gasteiger partial charge >= 0.3 is 0 Å². The molecule has 1 unspecified atom stereocenters. The van der Waals surface area contributed by atoms with Gasteiger partial charge < -0.3 is 9.47 Å². The molecule has 82 valence electrons. The van der Waals surface area contributed by atoms with Crippen molar-refractivity contribution in [3.63, 3.8) is 0 Å². The maximum absolute atomic E-state index is 5.49. The van der Waals surface area contributed by atoms with Crippen molar-refractivity contribution in [1.29, 1.82) is 0 Å². The molecule has 0 saturated heterocycles. The number of hydrazine groups is 1. The Morgan fingerprint density at radius 2 is 1.93 bits per heavy atom. The molecule has 1 aromatic carbocycles. The molecule has 0 aromatic heterocycles. The molecule has 0 fully saturated rings. The second-order valence-corrected chi connectivity index (χ2v) is 3.66. The minimum Gasteiger partial charge on any atom is -0.493 e. The fourth-order valence-corrected chi connectivity index (χ4v) is 2.11. The van der Waals surface area contributed by atoms with Crippen LogP contribution in [0.2, 0.25) is 0 Å². The SMILES string of the molecule is COc1cc2c(cc1OC)C(NN)CC2. The van der Waals surface area contributed by atoms with E-state index in [1.807, 2.05) is 12.1 Å². The summed E-state index contributed by atoms with van der Waals surface area (Å²) < 4.78 is 10.5. The maximum atomic E-state index is 5.49. The van der Waals surface area contributed by atoms with E-state index in [0.29, 0.717) is 0 Å². The molecule has 0 amide bonds. The van der Waals surface area contributed by atoms with Crippen LogP contribution in [0.1, 0.15) is 23.6 Å². The van der Waals surface area contributed by atoms with Crippen LogP contribution in [0.5, 0.6) is 11.5 Å². The zero-order valence-corrected chi connectivity index (χ0v) is 9.04. The highest BCUT2D eigenvalue weighted by Crippen LogP contribution is 2.38. The molecule has 4 nitrogen and oxygen atoms in total. The van der Waals surface area contributed by atoms with E-state index in [-0.39, 0.29) is 6.04 Å². The van der Waals surface area contributed by atoms with E-state index in [1.165, 1.54) is 11.1 Å². The standard InChI is InChI=1S/C11H16N2O2/c1-14-10-5-7-3-4-9(13-12)8(7)6-11(10)15-2/h5-6,9,13H,3-4,12H2,1-2H3. The van der Waals surface area contributed by atoms with Gasteiger partial charge in [-0.1, -0.05) is 0 Å². The van der Waals surface area contributed by atoms with Gasteiger partial charge in [-0.3, -0.25) is 11.3 Å². The summed E-state index contributed by atoms with van der Waals surface area (Å²) in [4.78, 5) is 0. The topological polar surface area (TPSA) is 56.5 Å². The first-order valence-corrected chi connectivity index (χ1v) is 5.01. The van der Waals surface area contributed by atoms with Gasteiger partial charge in [0.1, 0.15) is 0 Å². The lowest BCUT2D eigenvalue weighted by Gasteiger charge is -2.13. The van der Waals surface area contributed by atoms with Gasteiger partial charge in [-0.25, -0.2) is 0 Å². The van der Waals surface area contributed by atoms with Crippen LogP contribution in [0.15, 0.2) is 12.1 Å². The van der Waals surface area contributed by atoms with Crippen LogP contribution in [0, 0.1) is 0 Å². The summed E-state index contributed by atoms with van der Waals surface area (Å²) in [6, 6.07) is 4.27. The van der Waals surface area contributed by atoms with E-state index in [9.17, 15) is 0 Å². The first kappa shape index (κ1) is 10.3. The summed E-state index contributed by atoms with van der Waals surface area (Å²) >= 11 is 0. The molecule has 4 heteroatoms. The number of methoxy groups -OCH3 is 2. The smallest absolute Gasteiger partial charge is 0.161 e. The third-order valence-electron chi connectivity index (χ3n) is 2.92. The minimum absolute atomic E-state index is 0.236. The number of nitrogens with one attached hydrogen (secondary N) is 1. The van der Waals surface area contributed by atoms with Crippen molar-refractivity contribution in [3.05, 3.63) is 23.3 Å². The normalized spacial score (nSPS) is 18.7.